The highest BCUT2D eigenvalue weighted by Crippen LogP contribution is 2.37. The molecule has 0 fully saturated rings. The van der Waals surface area contributed by atoms with Crippen LogP contribution in [-0.4, -0.2) is 6.61 Å². The average Bonchev–Trinajstić information content (AvgIpc) is 3.34. The van der Waals surface area contributed by atoms with Crippen LogP contribution >= 0.6 is 22.7 Å². The van der Waals surface area contributed by atoms with E-state index < -0.39 is 0 Å². The van der Waals surface area contributed by atoms with E-state index in [2.05, 4.69) is 66.0 Å². The van der Waals surface area contributed by atoms with Crippen molar-refractivity contribution in [1.82, 2.24) is 0 Å². The molecule has 0 unspecified atom stereocenters. The molecule has 2 aromatic carbocycles. The zero-order valence-electron chi connectivity index (χ0n) is 13.9. The highest BCUT2D eigenvalue weighted by molar-refractivity contribution is 7.23. The van der Waals surface area contributed by atoms with Gasteiger partial charge in [-0.05, 0) is 59.3 Å². The molecule has 0 N–H and O–H groups in total. The van der Waals surface area contributed by atoms with Crippen LogP contribution in [0.4, 0.5) is 0 Å². The van der Waals surface area contributed by atoms with E-state index in [0.717, 1.165) is 5.75 Å². The summed E-state index contributed by atoms with van der Waals surface area (Å²) in [5.41, 5.74) is 3.70. The van der Waals surface area contributed by atoms with E-state index in [1.165, 1.54) is 31.3 Å². The number of rotatable bonds is 5. The molecule has 0 bridgehead atoms. The van der Waals surface area contributed by atoms with Gasteiger partial charge in [0, 0.05) is 14.6 Å². The average molecular weight is 363 g/mol. The van der Waals surface area contributed by atoms with E-state index in [1.54, 1.807) is 11.3 Å². The lowest BCUT2D eigenvalue weighted by Gasteiger charge is -2.06. The Morgan fingerprint density at radius 2 is 1.32 bits per heavy atom. The van der Waals surface area contributed by atoms with Crippen LogP contribution in [-0.2, 0) is 0 Å². The molecule has 124 valence electrons. The predicted molar refractivity (Wildman–Crippen MR) is 110 cm³/mol. The highest BCUT2D eigenvalue weighted by Gasteiger charge is 2.06. The first-order chi connectivity index (χ1) is 12.3. The van der Waals surface area contributed by atoms with Crippen molar-refractivity contribution < 1.29 is 4.74 Å². The quantitative estimate of drug-likeness (QED) is 0.364. The first-order valence-corrected chi connectivity index (χ1v) is 10.0. The fourth-order valence-electron chi connectivity index (χ4n) is 2.78. The van der Waals surface area contributed by atoms with Crippen molar-refractivity contribution in [3.05, 3.63) is 78.2 Å². The van der Waals surface area contributed by atoms with Gasteiger partial charge in [-0.15, -0.1) is 22.7 Å². The lowest BCUT2D eigenvalue weighted by Crippen LogP contribution is -1.90. The third-order valence-corrected chi connectivity index (χ3v) is 6.24. The molecule has 1 nitrogen and oxygen atoms in total. The second kappa shape index (κ2) is 7.26. The van der Waals surface area contributed by atoms with Crippen molar-refractivity contribution in [2.75, 3.05) is 6.61 Å². The summed E-state index contributed by atoms with van der Waals surface area (Å²) < 4.78 is 5.51. The molecule has 0 aliphatic heterocycles. The van der Waals surface area contributed by atoms with Crippen LogP contribution in [0.2, 0.25) is 0 Å². The lowest BCUT2D eigenvalue weighted by atomic mass is 10.0. The molecule has 0 saturated carbocycles. The normalized spacial score (nSPS) is 10.8. The molecular formula is C22H18OS2. The first-order valence-electron chi connectivity index (χ1n) is 8.31. The molecule has 4 aromatic rings. The minimum atomic E-state index is 0.697. The van der Waals surface area contributed by atoms with Crippen LogP contribution in [0.15, 0.2) is 78.2 Å². The van der Waals surface area contributed by atoms with E-state index in [0.29, 0.717) is 6.61 Å². The van der Waals surface area contributed by atoms with Gasteiger partial charge >= 0.3 is 0 Å². The largest absolute Gasteiger partial charge is 0.494 e. The van der Waals surface area contributed by atoms with Crippen molar-refractivity contribution in [2.45, 2.75) is 6.92 Å². The molecule has 2 heterocycles. The third kappa shape index (κ3) is 3.53. The zero-order chi connectivity index (χ0) is 17.1. The van der Waals surface area contributed by atoms with Crippen molar-refractivity contribution >= 4 is 22.7 Å². The van der Waals surface area contributed by atoms with Crippen LogP contribution < -0.4 is 4.74 Å². The van der Waals surface area contributed by atoms with Gasteiger partial charge in [-0.25, -0.2) is 0 Å². The maximum Gasteiger partial charge on any atom is 0.119 e. The van der Waals surface area contributed by atoms with Crippen molar-refractivity contribution in [1.29, 1.82) is 0 Å². The Hall–Kier alpha value is -2.36. The van der Waals surface area contributed by atoms with E-state index in [4.69, 9.17) is 4.74 Å². The van der Waals surface area contributed by atoms with E-state index in [1.807, 2.05) is 30.4 Å². The van der Waals surface area contributed by atoms with Gasteiger partial charge in [0.25, 0.3) is 0 Å². The van der Waals surface area contributed by atoms with Gasteiger partial charge in [0.15, 0.2) is 0 Å². The van der Waals surface area contributed by atoms with Gasteiger partial charge in [-0.2, -0.15) is 0 Å². The summed E-state index contributed by atoms with van der Waals surface area (Å²) in [6.07, 6.45) is 0. The van der Waals surface area contributed by atoms with Crippen LogP contribution in [0.5, 0.6) is 5.75 Å². The Bertz CT molecular complexity index is 933. The number of hydrogen-bond donors (Lipinski definition) is 0. The fraction of sp³-hybridized carbons (Fsp3) is 0.0909. The van der Waals surface area contributed by atoms with Crippen LogP contribution in [0.25, 0.3) is 31.3 Å². The molecular weight excluding hydrogens is 344 g/mol. The third-order valence-electron chi connectivity index (χ3n) is 4.04. The summed E-state index contributed by atoms with van der Waals surface area (Å²) in [5, 5.41) is 2.13. The number of benzene rings is 2. The molecule has 0 aliphatic rings. The number of hydrogen-bond acceptors (Lipinski definition) is 3. The molecule has 2 aromatic heterocycles. The number of ether oxygens (including phenoxy) is 1. The minimum absolute atomic E-state index is 0.697. The fourth-order valence-corrected chi connectivity index (χ4v) is 4.63. The van der Waals surface area contributed by atoms with Crippen LogP contribution in [0.3, 0.4) is 0 Å². The monoisotopic (exact) mass is 362 g/mol. The summed E-state index contributed by atoms with van der Waals surface area (Å²) in [7, 11) is 0. The predicted octanol–water partition coefficient (Wildman–Crippen LogP) is 7.21. The first kappa shape index (κ1) is 16.1. The summed E-state index contributed by atoms with van der Waals surface area (Å²) in [5.74, 6) is 0.919. The second-order valence-electron chi connectivity index (χ2n) is 5.68. The minimum Gasteiger partial charge on any atom is -0.494 e. The van der Waals surface area contributed by atoms with Crippen LogP contribution in [0.1, 0.15) is 6.92 Å². The summed E-state index contributed by atoms with van der Waals surface area (Å²) in [6.45, 7) is 2.70. The van der Waals surface area contributed by atoms with Gasteiger partial charge in [0.05, 0.1) is 6.61 Å². The topological polar surface area (TPSA) is 9.23 Å². The van der Waals surface area contributed by atoms with Gasteiger partial charge in [-0.1, -0.05) is 42.5 Å². The van der Waals surface area contributed by atoms with Crippen molar-refractivity contribution in [2.24, 2.45) is 0 Å². The Kier molecular flexibility index (Phi) is 4.68. The van der Waals surface area contributed by atoms with Crippen molar-refractivity contribution in [3.8, 4) is 37.1 Å². The highest BCUT2D eigenvalue weighted by atomic mass is 32.1. The Balaban J connectivity index is 1.55. The maximum atomic E-state index is 5.51. The number of thiophene rings is 2. The van der Waals surface area contributed by atoms with Gasteiger partial charge in [0.1, 0.15) is 5.75 Å². The molecule has 4 rings (SSSR count). The Morgan fingerprint density at radius 3 is 1.96 bits per heavy atom. The molecule has 0 spiro atoms. The van der Waals surface area contributed by atoms with Gasteiger partial charge in [-0.3, -0.25) is 0 Å². The summed E-state index contributed by atoms with van der Waals surface area (Å²) in [6, 6.07) is 25.8. The molecule has 0 saturated heterocycles. The van der Waals surface area contributed by atoms with Crippen molar-refractivity contribution in [3.63, 3.8) is 0 Å². The smallest absolute Gasteiger partial charge is 0.119 e. The second-order valence-corrected chi connectivity index (χ2v) is 7.71. The van der Waals surface area contributed by atoms with Gasteiger partial charge in [0.2, 0.25) is 0 Å². The molecule has 0 radical (unpaired) electrons. The molecule has 0 amide bonds. The van der Waals surface area contributed by atoms with E-state index >= 15 is 0 Å². The maximum absolute atomic E-state index is 5.51. The van der Waals surface area contributed by atoms with Gasteiger partial charge < -0.3 is 4.74 Å². The standard InChI is InChI=1S/C22H18OS2/c1-2-23-19-11-9-17(10-12-19)16-5-7-18(8-6-16)20-13-14-22(25-20)21-4-3-15-24-21/h3-15H,2H2,1H3. The Labute approximate surface area is 156 Å². The van der Waals surface area contributed by atoms with E-state index in [-0.39, 0.29) is 0 Å². The molecule has 0 aliphatic carbocycles. The Morgan fingerprint density at radius 1 is 0.680 bits per heavy atom. The van der Waals surface area contributed by atoms with E-state index in [9.17, 15) is 0 Å². The lowest BCUT2D eigenvalue weighted by molar-refractivity contribution is 0.340. The molecule has 25 heavy (non-hydrogen) atoms. The molecule has 0 atom stereocenters. The van der Waals surface area contributed by atoms with Crippen LogP contribution in [0, 0.1) is 0 Å². The summed E-state index contributed by atoms with van der Waals surface area (Å²) >= 11 is 3.64. The zero-order valence-corrected chi connectivity index (χ0v) is 15.6. The SMILES string of the molecule is CCOc1ccc(-c2ccc(-c3ccc(-c4cccs4)s3)cc2)cc1. The molecule has 3 heteroatoms. The summed E-state index contributed by atoms with van der Waals surface area (Å²) in [4.78, 5) is 3.98.